The van der Waals surface area contributed by atoms with Gasteiger partial charge in [-0.15, -0.1) is 0 Å². The molecule has 1 aliphatic heterocycles. The van der Waals surface area contributed by atoms with Gasteiger partial charge >= 0.3 is 0 Å². The minimum Gasteiger partial charge on any atom is -0.352 e. The van der Waals surface area contributed by atoms with E-state index in [0.29, 0.717) is 6.04 Å². The molecule has 0 radical (unpaired) electrons. The third-order valence-electron chi connectivity index (χ3n) is 4.58. The number of nitrogens with zero attached hydrogens (tertiary/aromatic N) is 2. The minimum atomic E-state index is -0.191. The molecule has 5 heteroatoms. The second-order valence-electron chi connectivity index (χ2n) is 6.40. The standard InChI is InChI=1S/C17H24FN3O/c1-13(17(22)19-16-6-7-16)21-10-8-20(9-11-21)12-14-2-4-15(18)5-3-14/h2-5,13,16H,6-12H2,1H3,(H,19,22)/t13-/m1/s1. The highest BCUT2D eigenvalue weighted by Crippen LogP contribution is 2.19. The smallest absolute Gasteiger partial charge is 0.237 e. The van der Waals surface area contributed by atoms with Crippen molar-refractivity contribution in [2.24, 2.45) is 0 Å². The molecule has 0 unspecified atom stereocenters. The summed E-state index contributed by atoms with van der Waals surface area (Å²) in [5.41, 5.74) is 1.13. The molecule has 3 rings (SSSR count). The quantitative estimate of drug-likeness (QED) is 0.898. The average molecular weight is 305 g/mol. The van der Waals surface area contributed by atoms with Gasteiger partial charge in [-0.2, -0.15) is 0 Å². The van der Waals surface area contributed by atoms with Crippen LogP contribution in [0.4, 0.5) is 4.39 Å². The third-order valence-corrected chi connectivity index (χ3v) is 4.58. The lowest BCUT2D eigenvalue weighted by atomic mass is 10.1. The van der Waals surface area contributed by atoms with E-state index in [0.717, 1.165) is 51.1 Å². The highest BCUT2D eigenvalue weighted by Gasteiger charge is 2.29. The van der Waals surface area contributed by atoms with Gasteiger partial charge in [0.15, 0.2) is 0 Å². The van der Waals surface area contributed by atoms with E-state index in [-0.39, 0.29) is 17.8 Å². The van der Waals surface area contributed by atoms with Crippen LogP contribution >= 0.6 is 0 Å². The van der Waals surface area contributed by atoms with Crippen LogP contribution in [0.15, 0.2) is 24.3 Å². The van der Waals surface area contributed by atoms with Crippen LogP contribution in [-0.4, -0.2) is 54.0 Å². The number of hydrogen-bond acceptors (Lipinski definition) is 3. The van der Waals surface area contributed by atoms with Gasteiger partial charge in [-0.1, -0.05) is 12.1 Å². The van der Waals surface area contributed by atoms with E-state index in [1.54, 1.807) is 0 Å². The van der Waals surface area contributed by atoms with Gasteiger partial charge in [0.2, 0.25) is 5.91 Å². The summed E-state index contributed by atoms with van der Waals surface area (Å²) >= 11 is 0. The molecular weight excluding hydrogens is 281 g/mol. The van der Waals surface area contributed by atoms with Gasteiger partial charge in [-0.3, -0.25) is 14.6 Å². The summed E-state index contributed by atoms with van der Waals surface area (Å²) in [6, 6.07) is 7.08. The maximum atomic E-state index is 12.9. The fraction of sp³-hybridized carbons (Fsp3) is 0.588. The minimum absolute atomic E-state index is 0.0476. The Morgan fingerprint density at radius 3 is 2.45 bits per heavy atom. The number of rotatable bonds is 5. The van der Waals surface area contributed by atoms with Crippen molar-refractivity contribution in [1.29, 1.82) is 0 Å². The monoisotopic (exact) mass is 305 g/mol. The number of nitrogens with one attached hydrogen (secondary N) is 1. The second kappa shape index (κ2) is 6.75. The summed E-state index contributed by atoms with van der Waals surface area (Å²) in [6.45, 7) is 6.53. The number of amides is 1. The molecule has 0 bridgehead atoms. The summed E-state index contributed by atoms with van der Waals surface area (Å²) < 4.78 is 12.9. The Morgan fingerprint density at radius 2 is 1.86 bits per heavy atom. The molecule has 0 aromatic heterocycles. The van der Waals surface area contributed by atoms with E-state index >= 15 is 0 Å². The van der Waals surface area contributed by atoms with Gasteiger partial charge in [-0.05, 0) is 37.5 Å². The van der Waals surface area contributed by atoms with Gasteiger partial charge < -0.3 is 5.32 Å². The van der Waals surface area contributed by atoms with Crippen molar-refractivity contribution in [2.45, 2.75) is 38.4 Å². The lowest BCUT2D eigenvalue weighted by molar-refractivity contribution is -0.126. The summed E-state index contributed by atoms with van der Waals surface area (Å²) in [4.78, 5) is 16.7. The zero-order chi connectivity index (χ0) is 15.5. The van der Waals surface area contributed by atoms with Gasteiger partial charge in [-0.25, -0.2) is 4.39 Å². The van der Waals surface area contributed by atoms with Crippen molar-refractivity contribution in [2.75, 3.05) is 26.2 Å². The van der Waals surface area contributed by atoms with Crippen LogP contribution < -0.4 is 5.32 Å². The maximum Gasteiger partial charge on any atom is 0.237 e. The van der Waals surface area contributed by atoms with Crippen molar-refractivity contribution in [3.05, 3.63) is 35.6 Å². The van der Waals surface area contributed by atoms with Gasteiger partial charge in [0.25, 0.3) is 0 Å². The number of carbonyl (C=O) groups is 1. The molecule has 1 heterocycles. The van der Waals surface area contributed by atoms with E-state index in [4.69, 9.17) is 0 Å². The number of benzene rings is 1. The Morgan fingerprint density at radius 1 is 1.23 bits per heavy atom. The van der Waals surface area contributed by atoms with E-state index in [9.17, 15) is 9.18 Å². The molecule has 1 amide bonds. The summed E-state index contributed by atoms with van der Waals surface area (Å²) in [5.74, 6) is -0.0291. The number of carbonyl (C=O) groups excluding carboxylic acids is 1. The van der Waals surface area contributed by atoms with Crippen molar-refractivity contribution in [1.82, 2.24) is 15.1 Å². The molecule has 1 saturated heterocycles. The van der Waals surface area contributed by atoms with E-state index in [1.165, 1.54) is 12.1 Å². The second-order valence-corrected chi connectivity index (χ2v) is 6.40. The molecule has 1 N–H and O–H groups in total. The number of halogens is 1. The van der Waals surface area contributed by atoms with Crippen molar-refractivity contribution >= 4 is 5.91 Å². The Bertz CT molecular complexity index is 507. The molecule has 120 valence electrons. The Labute approximate surface area is 131 Å². The summed E-state index contributed by atoms with van der Waals surface area (Å²) in [5, 5.41) is 3.08. The SMILES string of the molecule is C[C@H](C(=O)NC1CC1)N1CCN(Cc2ccc(F)cc2)CC1. The van der Waals surface area contributed by atoms with Crippen molar-refractivity contribution in [3.63, 3.8) is 0 Å². The third kappa shape index (κ3) is 4.05. The molecule has 22 heavy (non-hydrogen) atoms. The molecule has 1 aromatic rings. The van der Waals surface area contributed by atoms with E-state index < -0.39 is 0 Å². The van der Waals surface area contributed by atoms with Crippen LogP contribution in [0.1, 0.15) is 25.3 Å². The molecule has 1 aromatic carbocycles. The summed E-state index contributed by atoms with van der Waals surface area (Å²) in [7, 11) is 0. The summed E-state index contributed by atoms with van der Waals surface area (Å²) in [6.07, 6.45) is 2.26. The highest BCUT2D eigenvalue weighted by molar-refractivity contribution is 5.81. The zero-order valence-electron chi connectivity index (χ0n) is 13.1. The molecular formula is C17H24FN3O. The predicted octanol–water partition coefficient (Wildman–Crippen LogP) is 1.61. The lowest BCUT2D eigenvalue weighted by Gasteiger charge is -2.37. The molecule has 1 aliphatic carbocycles. The van der Waals surface area contributed by atoms with Crippen LogP contribution in [0.25, 0.3) is 0 Å². The largest absolute Gasteiger partial charge is 0.352 e. The van der Waals surface area contributed by atoms with Gasteiger partial charge in [0.05, 0.1) is 6.04 Å². The first-order chi connectivity index (χ1) is 10.6. The Balaban J connectivity index is 1.45. The average Bonchev–Trinajstić information content (AvgIpc) is 3.33. The number of piperazine rings is 1. The van der Waals surface area contributed by atoms with E-state index in [2.05, 4.69) is 15.1 Å². The topological polar surface area (TPSA) is 35.6 Å². The predicted molar refractivity (Wildman–Crippen MR) is 83.9 cm³/mol. The fourth-order valence-electron chi connectivity index (χ4n) is 2.87. The molecule has 4 nitrogen and oxygen atoms in total. The Kier molecular flexibility index (Phi) is 4.74. The zero-order valence-corrected chi connectivity index (χ0v) is 13.1. The first kappa shape index (κ1) is 15.4. The molecule has 1 saturated carbocycles. The van der Waals surface area contributed by atoms with Crippen LogP contribution in [0, 0.1) is 5.82 Å². The molecule has 2 fully saturated rings. The molecule has 0 spiro atoms. The van der Waals surface area contributed by atoms with Gasteiger partial charge in [0, 0.05) is 38.8 Å². The van der Waals surface area contributed by atoms with Crippen LogP contribution in [-0.2, 0) is 11.3 Å². The fourth-order valence-corrected chi connectivity index (χ4v) is 2.87. The normalized spacial score (nSPS) is 21.5. The maximum absolute atomic E-state index is 12.9. The van der Waals surface area contributed by atoms with E-state index in [1.807, 2.05) is 19.1 Å². The van der Waals surface area contributed by atoms with Gasteiger partial charge in [0.1, 0.15) is 5.82 Å². The van der Waals surface area contributed by atoms with Crippen LogP contribution in [0.2, 0.25) is 0 Å². The first-order valence-electron chi connectivity index (χ1n) is 8.13. The first-order valence-corrected chi connectivity index (χ1v) is 8.13. The Hall–Kier alpha value is -1.46. The van der Waals surface area contributed by atoms with Crippen molar-refractivity contribution in [3.8, 4) is 0 Å². The van der Waals surface area contributed by atoms with Crippen LogP contribution in [0.3, 0.4) is 0 Å². The van der Waals surface area contributed by atoms with Crippen LogP contribution in [0.5, 0.6) is 0 Å². The number of hydrogen-bond donors (Lipinski definition) is 1. The van der Waals surface area contributed by atoms with Crippen molar-refractivity contribution < 1.29 is 9.18 Å². The lowest BCUT2D eigenvalue weighted by Crippen LogP contribution is -2.53. The molecule has 1 atom stereocenters. The highest BCUT2D eigenvalue weighted by atomic mass is 19.1. The molecule has 2 aliphatic rings.